The third-order valence-electron chi connectivity index (χ3n) is 2.59. The van der Waals surface area contributed by atoms with Crippen molar-refractivity contribution in [3.63, 3.8) is 0 Å². The Bertz CT molecular complexity index is 309. The van der Waals surface area contributed by atoms with Gasteiger partial charge in [0, 0.05) is 0 Å². The molecule has 0 N–H and O–H groups in total. The minimum absolute atomic E-state index is 0.285. The van der Waals surface area contributed by atoms with Crippen LogP contribution in [0.5, 0.6) is 5.75 Å². The Morgan fingerprint density at radius 2 is 1.92 bits per heavy atom. The maximum Gasteiger partial charge on any atom is 0.209 e. The van der Waals surface area contributed by atoms with Crippen molar-refractivity contribution in [2.75, 3.05) is 7.11 Å². The van der Waals surface area contributed by atoms with E-state index in [0.717, 1.165) is 24.2 Å². The smallest absolute Gasteiger partial charge is 0.209 e. The van der Waals surface area contributed by atoms with Gasteiger partial charge in [0.1, 0.15) is 5.75 Å². The zero-order chi connectivity index (χ0) is 9.31. The van der Waals surface area contributed by atoms with Gasteiger partial charge >= 0.3 is 0 Å². The molecule has 13 heavy (non-hydrogen) atoms. The topological polar surface area (TPSA) is 26.3 Å². The van der Waals surface area contributed by atoms with Crippen LogP contribution in [-0.2, 0) is 10.2 Å². The second kappa shape index (κ2) is 2.87. The van der Waals surface area contributed by atoms with Crippen LogP contribution in [0.2, 0.25) is 0 Å². The van der Waals surface area contributed by atoms with E-state index in [0.29, 0.717) is 0 Å². The minimum atomic E-state index is -0.285. The number of hydrogen-bond donors (Lipinski definition) is 0. The summed E-state index contributed by atoms with van der Waals surface area (Å²) in [6.07, 6.45) is 3.98. The zero-order valence-electron chi connectivity index (χ0n) is 7.54. The third kappa shape index (κ3) is 1.32. The van der Waals surface area contributed by atoms with Crippen molar-refractivity contribution in [2.24, 2.45) is 0 Å². The van der Waals surface area contributed by atoms with Crippen LogP contribution in [-0.4, -0.2) is 13.4 Å². The molecule has 0 bridgehead atoms. The van der Waals surface area contributed by atoms with E-state index in [1.807, 2.05) is 24.3 Å². The van der Waals surface area contributed by atoms with Crippen LogP contribution in [0.3, 0.4) is 0 Å². The largest absolute Gasteiger partial charge is 0.497 e. The van der Waals surface area contributed by atoms with Gasteiger partial charge in [-0.1, -0.05) is 12.1 Å². The molecular weight excluding hydrogens is 164 g/mol. The Labute approximate surface area is 77.5 Å². The molecule has 67 valence electrons. The fourth-order valence-electron chi connectivity index (χ4n) is 1.48. The van der Waals surface area contributed by atoms with Crippen molar-refractivity contribution in [2.45, 2.75) is 18.3 Å². The van der Waals surface area contributed by atoms with Crippen LogP contribution in [0.25, 0.3) is 0 Å². The highest BCUT2D eigenvalue weighted by molar-refractivity contribution is 5.73. The normalized spacial score (nSPS) is 17.9. The Morgan fingerprint density at radius 1 is 1.31 bits per heavy atom. The summed E-state index contributed by atoms with van der Waals surface area (Å²) < 4.78 is 5.04. The molecular formula is C11H11O2. The molecule has 1 aliphatic rings. The van der Waals surface area contributed by atoms with Crippen LogP contribution in [0.1, 0.15) is 18.4 Å². The first-order valence-electron chi connectivity index (χ1n) is 4.34. The molecule has 0 heterocycles. The molecule has 0 atom stereocenters. The molecule has 1 saturated carbocycles. The van der Waals surface area contributed by atoms with Crippen LogP contribution in [0.15, 0.2) is 24.3 Å². The lowest BCUT2D eigenvalue weighted by atomic mass is 9.98. The van der Waals surface area contributed by atoms with E-state index >= 15 is 0 Å². The fraction of sp³-hybridized carbons (Fsp3) is 0.364. The first-order chi connectivity index (χ1) is 6.30. The van der Waals surface area contributed by atoms with Gasteiger partial charge in [0.2, 0.25) is 6.29 Å². The van der Waals surface area contributed by atoms with E-state index in [4.69, 9.17) is 4.74 Å². The van der Waals surface area contributed by atoms with Crippen molar-refractivity contribution in [1.29, 1.82) is 0 Å². The molecule has 1 aromatic rings. The first-order valence-corrected chi connectivity index (χ1v) is 4.34. The molecule has 1 aliphatic carbocycles. The molecule has 2 nitrogen and oxygen atoms in total. The van der Waals surface area contributed by atoms with Gasteiger partial charge in [-0.15, -0.1) is 0 Å². The average molecular weight is 175 g/mol. The Hall–Kier alpha value is -1.31. The molecule has 0 spiro atoms. The molecule has 1 fully saturated rings. The van der Waals surface area contributed by atoms with Gasteiger partial charge in [0.15, 0.2) is 0 Å². The third-order valence-corrected chi connectivity index (χ3v) is 2.59. The van der Waals surface area contributed by atoms with E-state index in [1.54, 1.807) is 7.11 Å². The second-order valence-electron chi connectivity index (χ2n) is 3.41. The molecule has 0 saturated heterocycles. The lowest BCUT2D eigenvalue weighted by Gasteiger charge is -2.06. The van der Waals surface area contributed by atoms with Gasteiger partial charge in [-0.2, -0.15) is 0 Å². The molecule has 1 aromatic carbocycles. The number of benzene rings is 1. The van der Waals surface area contributed by atoms with E-state index in [-0.39, 0.29) is 5.41 Å². The molecule has 2 rings (SSSR count). The van der Waals surface area contributed by atoms with Crippen LogP contribution in [0, 0.1) is 0 Å². The number of ether oxygens (including phenoxy) is 1. The number of hydrogen-bond acceptors (Lipinski definition) is 2. The Morgan fingerprint density at radius 3 is 2.31 bits per heavy atom. The first kappa shape index (κ1) is 8.30. The van der Waals surface area contributed by atoms with Crippen molar-refractivity contribution in [3.8, 4) is 5.75 Å². The van der Waals surface area contributed by atoms with Gasteiger partial charge in [0.25, 0.3) is 0 Å². The van der Waals surface area contributed by atoms with E-state index in [9.17, 15) is 4.79 Å². The minimum Gasteiger partial charge on any atom is -0.497 e. The van der Waals surface area contributed by atoms with Gasteiger partial charge in [-0.25, -0.2) is 0 Å². The maximum absolute atomic E-state index is 10.7. The van der Waals surface area contributed by atoms with Crippen molar-refractivity contribution in [1.82, 2.24) is 0 Å². The van der Waals surface area contributed by atoms with E-state index in [2.05, 4.69) is 6.29 Å². The Kier molecular flexibility index (Phi) is 1.83. The van der Waals surface area contributed by atoms with Crippen molar-refractivity contribution < 1.29 is 9.53 Å². The second-order valence-corrected chi connectivity index (χ2v) is 3.41. The highest BCUT2D eigenvalue weighted by Gasteiger charge is 2.45. The summed E-state index contributed by atoms with van der Waals surface area (Å²) in [5.74, 6) is 0.824. The van der Waals surface area contributed by atoms with E-state index in [1.165, 1.54) is 0 Å². The lowest BCUT2D eigenvalue weighted by Crippen LogP contribution is -2.06. The summed E-state index contributed by atoms with van der Waals surface area (Å²) >= 11 is 0. The van der Waals surface area contributed by atoms with Gasteiger partial charge in [0.05, 0.1) is 12.5 Å². The lowest BCUT2D eigenvalue weighted by molar-refractivity contribution is 0.414. The summed E-state index contributed by atoms with van der Waals surface area (Å²) in [5, 5.41) is 0. The van der Waals surface area contributed by atoms with Gasteiger partial charge < -0.3 is 4.74 Å². The molecule has 0 aliphatic heterocycles. The Balaban J connectivity index is 2.28. The summed E-state index contributed by atoms with van der Waals surface area (Å²) in [6.45, 7) is 0. The van der Waals surface area contributed by atoms with E-state index < -0.39 is 0 Å². The molecule has 0 amide bonds. The standard InChI is InChI=1S/C11H11O2/c1-13-10-4-2-9(3-5-10)11(8-12)6-7-11/h2-5H,6-7H2,1H3. The summed E-state index contributed by atoms with van der Waals surface area (Å²) in [6, 6.07) is 7.65. The van der Waals surface area contributed by atoms with Crippen LogP contribution >= 0.6 is 0 Å². The molecule has 1 radical (unpaired) electrons. The van der Waals surface area contributed by atoms with Gasteiger partial charge in [-0.3, -0.25) is 4.79 Å². The van der Waals surface area contributed by atoms with Crippen molar-refractivity contribution >= 4 is 6.29 Å². The van der Waals surface area contributed by atoms with Crippen LogP contribution in [0.4, 0.5) is 0 Å². The van der Waals surface area contributed by atoms with Crippen molar-refractivity contribution in [3.05, 3.63) is 29.8 Å². The quantitative estimate of drug-likeness (QED) is 0.700. The summed E-state index contributed by atoms with van der Waals surface area (Å²) in [7, 11) is 1.63. The van der Waals surface area contributed by atoms with Crippen LogP contribution < -0.4 is 4.74 Å². The highest BCUT2D eigenvalue weighted by atomic mass is 16.5. The fourth-order valence-corrected chi connectivity index (χ4v) is 1.48. The molecule has 0 unspecified atom stereocenters. The average Bonchev–Trinajstić information content (AvgIpc) is 2.99. The number of methoxy groups -OCH3 is 1. The SMILES string of the molecule is COc1ccc(C2([C]=O)CC2)cc1. The van der Waals surface area contributed by atoms with Gasteiger partial charge in [-0.05, 0) is 30.5 Å². The number of rotatable bonds is 3. The molecule has 0 aromatic heterocycles. The highest BCUT2D eigenvalue weighted by Crippen LogP contribution is 2.46. The molecule has 2 heteroatoms. The maximum atomic E-state index is 10.7. The zero-order valence-corrected chi connectivity index (χ0v) is 7.54. The predicted molar refractivity (Wildman–Crippen MR) is 49.6 cm³/mol. The predicted octanol–water partition coefficient (Wildman–Crippen LogP) is 1.84. The summed E-state index contributed by atoms with van der Waals surface area (Å²) in [4.78, 5) is 10.7. The monoisotopic (exact) mass is 175 g/mol. The number of carbonyl (C=O) groups excluding carboxylic acids is 1. The summed E-state index contributed by atoms with van der Waals surface area (Å²) in [5.41, 5.74) is 0.773.